The molecule has 0 spiro atoms. The summed E-state index contributed by atoms with van der Waals surface area (Å²) in [6, 6.07) is 9.69. The van der Waals surface area contributed by atoms with E-state index in [-0.39, 0.29) is 18.6 Å². The number of aryl methyl sites for hydroxylation is 1. The van der Waals surface area contributed by atoms with Crippen LogP contribution in [-0.2, 0) is 22.4 Å². The van der Waals surface area contributed by atoms with Crippen molar-refractivity contribution in [1.29, 1.82) is 0 Å². The lowest BCUT2D eigenvalue weighted by molar-refractivity contribution is 0.0964. The summed E-state index contributed by atoms with van der Waals surface area (Å²) < 4.78 is 41.2. The molecule has 1 amide bonds. The van der Waals surface area contributed by atoms with Gasteiger partial charge in [0, 0.05) is 32.0 Å². The normalized spacial score (nSPS) is 16.2. The number of pyridine rings is 1. The van der Waals surface area contributed by atoms with Crippen LogP contribution < -0.4 is 5.32 Å². The van der Waals surface area contributed by atoms with E-state index in [1.165, 1.54) is 11.0 Å². The highest BCUT2D eigenvalue weighted by Gasteiger charge is 2.31. The second kappa shape index (κ2) is 11.6. The summed E-state index contributed by atoms with van der Waals surface area (Å²) in [6.45, 7) is 3.84. The topological polar surface area (TPSA) is 133 Å². The van der Waals surface area contributed by atoms with Crippen molar-refractivity contribution in [3.8, 4) is 11.3 Å². The molecule has 11 heteroatoms. The van der Waals surface area contributed by atoms with E-state index >= 15 is 0 Å². The molecule has 0 radical (unpaired) electrons. The Morgan fingerprint density at radius 1 is 1.24 bits per heavy atom. The standard InChI is InChI=1S/C26H34N3O6PS/c1-17-7-9-19(10-8-17)24-23(25(30)27-2)21-15-20(18-11-12-18)22(28-26(21)35-24)16-29(37(33)34)13-5-4-6-14-36(3,31)32/h7-10,15,18H,4-6,11-14,16H2,1-3H3,(H,27,30)(H,31,32)(H,33,34). The Hall–Kier alpha value is -2.36. The van der Waals surface area contributed by atoms with Crippen LogP contribution in [0.25, 0.3) is 22.4 Å². The SMILES string of the molecule is CNC(=O)c1c(-c2ccc(C)cc2)oc2nc(CN(CCCCCP(C)(=O)O)S(=O)O)c(C3CC3)cc12. The van der Waals surface area contributed by atoms with E-state index in [0.717, 1.165) is 29.5 Å². The van der Waals surface area contributed by atoms with Crippen molar-refractivity contribution in [2.24, 2.45) is 0 Å². The van der Waals surface area contributed by atoms with Crippen LogP contribution in [0.3, 0.4) is 0 Å². The van der Waals surface area contributed by atoms with Gasteiger partial charge in [-0.1, -0.05) is 36.2 Å². The van der Waals surface area contributed by atoms with Crippen molar-refractivity contribution in [3.05, 3.63) is 52.7 Å². The van der Waals surface area contributed by atoms with E-state index < -0.39 is 18.6 Å². The highest BCUT2D eigenvalue weighted by molar-refractivity contribution is 7.76. The van der Waals surface area contributed by atoms with E-state index in [4.69, 9.17) is 9.40 Å². The number of amides is 1. The predicted octanol–water partition coefficient (Wildman–Crippen LogP) is 5.05. The third-order valence-electron chi connectivity index (χ3n) is 6.61. The summed E-state index contributed by atoms with van der Waals surface area (Å²) in [6.07, 6.45) is 4.13. The number of hydrogen-bond donors (Lipinski definition) is 3. The van der Waals surface area contributed by atoms with Gasteiger partial charge in [-0.25, -0.2) is 9.19 Å². The van der Waals surface area contributed by atoms with E-state index in [2.05, 4.69) is 5.32 Å². The van der Waals surface area contributed by atoms with Gasteiger partial charge < -0.3 is 14.6 Å². The lowest BCUT2D eigenvalue weighted by atomic mass is 10.0. The summed E-state index contributed by atoms with van der Waals surface area (Å²) in [5, 5.41) is 3.34. The van der Waals surface area contributed by atoms with Crippen LogP contribution >= 0.6 is 7.37 Å². The monoisotopic (exact) mass is 547 g/mol. The fourth-order valence-electron chi connectivity index (χ4n) is 4.46. The number of nitrogens with one attached hydrogen (secondary N) is 1. The molecule has 1 fully saturated rings. The first-order valence-electron chi connectivity index (χ1n) is 12.5. The molecule has 3 aromatic rings. The Morgan fingerprint density at radius 2 is 1.95 bits per heavy atom. The molecule has 1 aromatic carbocycles. The van der Waals surface area contributed by atoms with Crippen molar-refractivity contribution < 1.29 is 27.4 Å². The molecule has 1 saturated carbocycles. The number of nitrogens with zero attached hydrogens (tertiary/aromatic N) is 2. The molecule has 1 aliphatic carbocycles. The molecule has 0 bridgehead atoms. The second-order valence-corrected chi connectivity index (χ2v) is 13.4. The zero-order valence-electron chi connectivity index (χ0n) is 21.4. The summed E-state index contributed by atoms with van der Waals surface area (Å²) >= 11 is -2.21. The van der Waals surface area contributed by atoms with Gasteiger partial charge >= 0.3 is 0 Å². The third-order valence-corrected chi connectivity index (χ3v) is 8.51. The molecular formula is C26H34N3O6PS. The summed E-state index contributed by atoms with van der Waals surface area (Å²) in [5.74, 6) is 0.475. The maximum Gasteiger partial charge on any atom is 0.255 e. The van der Waals surface area contributed by atoms with Gasteiger partial charge in [-0.2, -0.15) is 4.31 Å². The average molecular weight is 548 g/mol. The fraction of sp³-hybridized carbons (Fsp3) is 0.462. The Labute approximate surface area is 219 Å². The van der Waals surface area contributed by atoms with Crippen LogP contribution in [0.2, 0.25) is 0 Å². The smallest absolute Gasteiger partial charge is 0.255 e. The van der Waals surface area contributed by atoms with Gasteiger partial charge in [0.25, 0.3) is 5.91 Å². The fourth-order valence-corrected chi connectivity index (χ4v) is 5.79. The second-order valence-electron chi connectivity index (χ2n) is 9.83. The Kier molecular flexibility index (Phi) is 8.66. The van der Waals surface area contributed by atoms with Crippen molar-refractivity contribution in [2.45, 2.75) is 51.5 Å². The third kappa shape index (κ3) is 6.94. The highest BCUT2D eigenvalue weighted by Crippen LogP contribution is 2.44. The lowest BCUT2D eigenvalue weighted by Gasteiger charge is -2.19. The Balaban J connectivity index is 1.66. The van der Waals surface area contributed by atoms with Crippen molar-refractivity contribution >= 4 is 35.6 Å². The van der Waals surface area contributed by atoms with E-state index in [1.807, 2.05) is 37.3 Å². The molecule has 37 heavy (non-hydrogen) atoms. The zero-order valence-corrected chi connectivity index (χ0v) is 23.1. The van der Waals surface area contributed by atoms with Crippen molar-refractivity contribution in [1.82, 2.24) is 14.6 Å². The molecule has 2 unspecified atom stereocenters. The molecule has 9 nitrogen and oxygen atoms in total. The quantitative estimate of drug-likeness (QED) is 0.164. The van der Waals surface area contributed by atoms with Gasteiger partial charge in [0.1, 0.15) is 5.76 Å². The van der Waals surface area contributed by atoms with Gasteiger partial charge in [0.2, 0.25) is 17.0 Å². The minimum atomic E-state index is -3.05. The summed E-state index contributed by atoms with van der Waals surface area (Å²) in [5.41, 5.74) is 4.25. The van der Waals surface area contributed by atoms with E-state index in [1.54, 1.807) is 7.05 Å². The Morgan fingerprint density at radius 3 is 2.54 bits per heavy atom. The van der Waals surface area contributed by atoms with Crippen LogP contribution in [0.15, 0.2) is 34.7 Å². The maximum absolute atomic E-state index is 12.9. The number of hydrogen-bond acceptors (Lipinski definition) is 5. The van der Waals surface area contributed by atoms with Crippen LogP contribution in [0.1, 0.15) is 65.2 Å². The first-order chi connectivity index (χ1) is 17.6. The average Bonchev–Trinajstić information content (AvgIpc) is 3.62. The van der Waals surface area contributed by atoms with E-state index in [0.29, 0.717) is 59.8 Å². The number of aromatic nitrogens is 1. The van der Waals surface area contributed by atoms with Crippen LogP contribution in [-0.4, -0.2) is 55.3 Å². The lowest BCUT2D eigenvalue weighted by Crippen LogP contribution is -2.27. The minimum absolute atomic E-state index is 0.160. The predicted molar refractivity (Wildman–Crippen MR) is 145 cm³/mol. The highest BCUT2D eigenvalue weighted by atomic mass is 32.2. The molecule has 2 heterocycles. The van der Waals surface area contributed by atoms with Crippen molar-refractivity contribution in [2.75, 3.05) is 26.4 Å². The van der Waals surface area contributed by atoms with Gasteiger partial charge in [0.05, 0.1) is 23.2 Å². The van der Waals surface area contributed by atoms with Crippen LogP contribution in [0.4, 0.5) is 0 Å². The van der Waals surface area contributed by atoms with Crippen LogP contribution in [0, 0.1) is 6.92 Å². The number of rotatable bonds is 12. The number of furan rings is 1. The molecule has 0 saturated heterocycles. The Bertz CT molecular complexity index is 1350. The molecule has 2 atom stereocenters. The molecule has 0 aliphatic heterocycles. The van der Waals surface area contributed by atoms with Crippen molar-refractivity contribution in [3.63, 3.8) is 0 Å². The van der Waals surface area contributed by atoms with Gasteiger partial charge in [-0.05, 0) is 50.2 Å². The molecular weight excluding hydrogens is 513 g/mol. The summed E-state index contributed by atoms with van der Waals surface area (Å²) in [7, 11) is -1.46. The molecule has 1 aliphatic rings. The molecule has 4 rings (SSSR count). The van der Waals surface area contributed by atoms with Gasteiger partial charge in [-0.15, -0.1) is 0 Å². The number of benzene rings is 1. The largest absolute Gasteiger partial charge is 0.437 e. The molecule has 2 aromatic heterocycles. The minimum Gasteiger partial charge on any atom is -0.437 e. The maximum atomic E-state index is 12.9. The first-order valence-corrected chi connectivity index (χ1v) is 15.8. The van der Waals surface area contributed by atoms with Crippen LogP contribution in [0.5, 0.6) is 0 Å². The number of carbonyl (C=O) groups is 1. The number of carbonyl (C=O) groups excluding carboxylic acids is 1. The number of fused-ring (bicyclic) bond motifs is 1. The molecule has 200 valence electrons. The first kappa shape index (κ1) is 27.7. The molecule has 3 N–H and O–H groups in total. The zero-order chi connectivity index (χ0) is 26.7. The summed E-state index contributed by atoms with van der Waals surface area (Å²) in [4.78, 5) is 27.1. The van der Waals surface area contributed by atoms with Gasteiger partial charge in [-0.3, -0.25) is 13.9 Å². The van der Waals surface area contributed by atoms with Gasteiger partial charge in [0.15, 0.2) is 7.37 Å². The number of unbranched alkanes of at least 4 members (excludes halogenated alkanes) is 2. The van der Waals surface area contributed by atoms with E-state index in [9.17, 15) is 23.0 Å².